The zero-order chi connectivity index (χ0) is 11.3. The van der Waals surface area contributed by atoms with E-state index in [0.717, 1.165) is 19.0 Å². The normalized spacial score (nSPS) is 16.5. The number of rotatable bonds is 7. The first-order valence-electron chi connectivity index (χ1n) is 5.63. The van der Waals surface area contributed by atoms with Crippen LogP contribution in [0.5, 0.6) is 0 Å². The molecule has 0 spiro atoms. The highest BCUT2D eigenvalue weighted by molar-refractivity contribution is 5.84. The molecule has 1 aliphatic carbocycles. The van der Waals surface area contributed by atoms with E-state index in [9.17, 15) is 4.79 Å². The predicted molar refractivity (Wildman–Crippen MR) is 59.7 cm³/mol. The second kappa shape index (κ2) is 5.47. The Bertz CT molecular complexity index is 213. The van der Waals surface area contributed by atoms with Crippen LogP contribution < -0.4 is 10.6 Å². The van der Waals surface area contributed by atoms with Crippen molar-refractivity contribution in [3.8, 4) is 0 Å². The molecular formula is C11H22N2O2. The molecule has 4 nitrogen and oxygen atoms in total. The Balaban J connectivity index is 2.00. The first kappa shape index (κ1) is 12.5. The Morgan fingerprint density at radius 1 is 1.40 bits per heavy atom. The molecule has 1 saturated carbocycles. The van der Waals surface area contributed by atoms with Crippen LogP contribution in [-0.4, -0.2) is 37.7 Å². The lowest BCUT2D eigenvalue weighted by atomic mass is 10.1. The molecule has 0 radical (unpaired) electrons. The maximum atomic E-state index is 11.5. The van der Waals surface area contributed by atoms with Crippen molar-refractivity contribution in [1.82, 2.24) is 10.6 Å². The molecule has 0 aromatic rings. The number of carbonyl (C=O) groups is 1. The van der Waals surface area contributed by atoms with E-state index in [-0.39, 0.29) is 5.91 Å². The summed E-state index contributed by atoms with van der Waals surface area (Å²) in [5, 5.41) is 6.26. The molecule has 2 N–H and O–H groups in total. The van der Waals surface area contributed by atoms with Gasteiger partial charge in [0.15, 0.2) is 0 Å². The lowest BCUT2D eigenvalue weighted by molar-refractivity contribution is -0.139. The maximum absolute atomic E-state index is 11.5. The molecule has 4 heteroatoms. The summed E-state index contributed by atoms with van der Waals surface area (Å²) in [4.78, 5) is 11.5. The minimum absolute atomic E-state index is 0.0450. The molecule has 0 atom stereocenters. The van der Waals surface area contributed by atoms with Crippen molar-refractivity contribution in [2.45, 2.75) is 44.8 Å². The van der Waals surface area contributed by atoms with Crippen molar-refractivity contribution in [1.29, 1.82) is 0 Å². The molecule has 0 heterocycles. The quantitative estimate of drug-likeness (QED) is 0.612. The molecular weight excluding hydrogens is 192 g/mol. The summed E-state index contributed by atoms with van der Waals surface area (Å²) < 4.78 is 5.08. The average Bonchev–Trinajstić information content (AvgIpc) is 3.00. The summed E-state index contributed by atoms with van der Waals surface area (Å²) in [5.41, 5.74) is -0.718. The van der Waals surface area contributed by atoms with Gasteiger partial charge in [0, 0.05) is 19.7 Å². The fourth-order valence-electron chi connectivity index (χ4n) is 1.19. The molecule has 1 fully saturated rings. The minimum atomic E-state index is -0.718. The van der Waals surface area contributed by atoms with Crippen LogP contribution in [0.15, 0.2) is 0 Å². The van der Waals surface area contributed by atoms with E-state index in [4.69, 9.17) is 4.74 Å². The standard InChI is InChI=1S/C11H22N2O2/c1-11(2,15-3)10(14)13-8-4-7-12-9-5-6-9/h9,12H,4-8H2,1-3H3,(H,13,14). The Labute approximate surface area is 91.8 Å². The number of hydrogen-bond acceptors (Lipinski definition) is 3. The van der Waals surface area contributed by atoms with Crippen molar-refractivity contribution < 1.29 is 9.53 Å². The van der Waals surface area contributed by atoms with Crippen LogP contribution in [0.3, 0.4) is 0 Å². The fourth-order valence-corrected chi connectivity index (χ4v) is 1.19. The molecule has 0 aromatic carbocycles. The zero-order valence-corrected chi connectivity index (χ0v) is 9.93. The lowest BCUT2D eigenvalue weighted by Crippen LogP contribution is -2.44. The zero-order valence-electron chi connectivity index (χ0n) is 9.93. The van der Waals surface area contributed by atoms with Crippen molar-refractivity contribution >= 4 is 5.91 Å². The summed E-state index contributed by atoms with van der Waals surface area (Å²) in [5.74, 6) is -0.0450. The van der Waals surface area contributed by atoms with E-state index in [0.29, 0.717) is 6.54 Å². The maximum Gasteiger partial charge on any atom is 0.251 e. The van der Waals surface area contributed by atoms with Crippen molar-refractivity contribution in [2.75, 3.05) is 20.2 Å². The smallest absolute Gasteiger partial charge is 0.251 e. The van der Waals surface area contributed by atoms with Crippen LogP contribution in [0, 0.1) is 0 Å². The van der Waals surface area contributed by atoms with Gasteiger partial charge in [-0.2, -0.15) is 0 Å². The third kappa shape index (κ3) is 4.62. The molecule has 1 rings (SSSR count). The van der Waals surface area contributed by atoms with Crippen LogP contribution in [0.1, 0.15) is 33.1 Å². The number of carbonyl (C=O) groups excluding carboxylic acids is 1. The van der Waals surface area contributed by atoms with Crippen molar-refractivity contribution in [3.63, 3.8) is 0 Å². The second-order valence-electron chi connectivity index (χ2n) is 4.55. The lowest BCUT2D eigenvalue weighted by Gasteiger charge is -2.21. The highest BCUT2D eigenvalue weighted by atomic mass is 16.5. The SMILES string of the molecule is COC(C)(C)C(=O)NCCCNC1CC1. The summed E-state index contributed by atoms with van der Waals surface area (Å²) in [6.45, 7) is 5.24. The van der Waals surface area contributed by atoms with Crippen LogP contribution >= 0.6 is 0 Å². The van der Waals surface area contributed by atoms with Crippen LogP contribution in [0.25, 0.3) is 0 Å². The van der Waals surface area contributed by atoms with Gasteiger partial charge in [-0.15, -0.1) is 0 Å². The molecule has 88 valence electrons. The highest BCUT2D eigenvalue weighted by Crippen LogP contribution is 2.18. The van der Waals surface area contributed by atoms with E-state index >= 15 is 0 Å². The summed E-state index contributed by atoms with van der Waals surface area (Å²) in [6.07, 6.45) is 3.59. The first-order valence-corrected chi connectivity index (χ1v) is 5.63. The van der Waals surface area contributed by atoms with Gasteiger partial charge in [0.25, 0.3) is 5.91 Å². The minimum Gasteiger partial charge on any atom is -0.369 e. The van der Waals surface area contributed by atoms with Crippen LogP contribution in [0.2, 0.25) is 0 Å². The van der Waals surface area contributed by atoms with Crippen molar-refractivity contribution in [3.05, 3.63) is 0 Å². The topological polar surface area (TPSA) is 50.4 Å². The Morgan fingerprint density at radius 3 is 2.60 bits per heavy atom. The van der Waals surface area contributed by atoms with Gasteiger partial charge in [-0.05, 0) is 39.7 Å². The number of amides is 1. The molecule has 0 aromatic heterocycles. The largest absolute Gasteiger partial charge is 0.369 e. The summed E-state index contributed by atoms with van der Waals surface area (Å²) in [6, 6.07) is 0.746. The first-order chi connectivity index (χ1) is 7.06. The molecule has 15 heavy (non-hydrogen) atoms. The van der Waals surface area contributed by atoms with Gasteiger partial charge in [-0.25, -0.2) is 0 Å². The molecule has 0 bridgehead atoms. The molecule has 0 aliphatic heterocycles. The van der Waals surface area contributed by atoms with E-state index in [2.05, 4.69) is 10.6 Å². The Kier molecular flexibility index (Phi) is 4.54. The van der Waals surface area contributed by atoms with Gasteiger partial charge in [0.2, 0.25) is 0 Å². The Morgan fingerprint density at radius 2 is 2.07 bits per heavy atom. The predicted octanol–water partition coefficient (Wildman–Crippen LogP) is 0.670. The van der Waals surface area contributed by atoms with Gasteiger partial charge < -0.3 is 15.4 Å². The van der Waals surface area contributed by atoms with Gasteiger partial charge in [-0.1, -0.05) is 0 Å². The van der Waals surface area contributed by atoms with Gasteiger partial charge in [-0.3, -0.25) is 4.79 Å². The monoisotopic (exact) mass is 214 g/mol. The van der Waals surface area contributed by atoms with E-state index in [1.807, 2.05) is 0 Å². The van der Waals surface area contributed by atoms with Crippen molar-refractivity contribution in [2.24, 2.45) is 0 Å². The molecule has 1 amide bonds. The summed E-state index contributed by atoms with van der Waals surface area (Å²) >= 11 is 0. The third-order valence-electron chi connectivity index (χ3n) is 2.71. The van der Waals surface area contributed by atoms with Crippen LogP contribution in [-0.2, 0) is 9.53 Å². The van der Waals surface area contributed by atoms with Gasteiger partial charge in [0.05, 0.1) is 0 Å². The third-order valence-corrected chi connectivity index (χ3v) is 2.71. The summed E-state index contributed by atoms with van der Waals surface area (Å²) in [7, 11) is 1.55. The molecule has 0 saturated heterocycles. The number of methoxy groups -OCH3 is 1. The number of hydrogen-bond donors (Lipinski definition) is 2. The van der Waals surface area contributed by atoms with Gasteiger partial charge in [0.1, 0.15) is 5.60 Å². The average molecular weight is 214 g/mol. The molecule has 1 aliphatic rings. The molecule has 0 unspecified atom stereocenters. The second-order valence-corrected chi connectivity index (χ2v) is 4.55. The van der Waals surface area contributed by atoms with E-state index in [1.165, 1.54) is 12.8 Å². The number of nitrogens with one attached hydrogen (secondary N) is 2. The Hall–Kier alpha value is -0.610. The van der Waals surface area contributed by atoms with E-state index < -0.39 is 5.60 Å². The van der Waals surface area contributed by atoms with Gasteiger partial charge >= 0.3 is 0 Å². The highest BCUT2D eigenvalue weighted by Gasteiger charge is 2.26. The van der Waals surface area contributed by atoms with Crippen LogP contribution in [0.4, 0.5) is 0 Å². The van der Waals surface area contributed by atoms with E-state index in [1.54, 1.807) is 21.0 Å². The fraction of sp³-hybridized carbons (Fsp3) is 0.909. The number of ether oxygens (including phenoxy) is 1.